The molecule has 3 N–H and O–H groups in total. The van der Waals surface area contributed by atoms with E-state index in [1.165, 1.54) is 12.1 Å². The van der Waals surface area contributed by atoms with Gasteiger partial charge in [0.2, 0.25) is 0 Å². The number of hydrogen-bond donors (Lipinski definition) is 3. The number of allylic oxidation sites excluding steroid dienone is 1. The first kappa shape index (κ1) is 23.0. The summed E-state index contributed by atoms with van der Waals surface area (Å²) in [4.78, 5) is 23.1. The highest BCUT2D eigenvalue weighted by molar-refractivity contribution is 9.10. The van der Waals surface area contributed by atoms with Crippen LogP contribution < -0.4 is 5.32 Å². The average Bonchev–Trinajstić information content (AvgIpc) is 2.71. The molecule has 1 amide bonds. The molecular weight excluding hydrogens is 452 g/mol. The Balaban J connectivity index is 2.17. The van der Waals surface area contributed by atoms with Gasteiger partial charge >= 0.3 is 12.1 Å². The minimum Gasteiger partial charge on any atom is -0.508 e. The lowest BCUT2D eigenvalue weighted by Crippen LogP contribution is -2.22. The minimum absolute atomic E-state index is 0.0118. The Labute approximate surface area is 182 Å². The van der Waals surface area contributed by atoms with Gasteiger partial charge in [-0.2, -0.15) is 5.26 Å². The number of ether oxygens (including phenoxy) is 1. The van der Waals surface area contributed by atoms with Crippen LogP contribution in [0.25, 0.3) is 0 Å². The smallest absolute Gasteiger partial charge is 0.412 e. The maximum Gasteiger partial charge on any atom is 0.412 e. The quantitative estimate of drug-likeness (QED) is 0.444. The van der Waals surface area contributed by atoms with Crippen molar-refractivity contribution < 1.29 is 24.5 Å². The van der Waals surface area contributed by atoms with E-state index < -0.39 is 18.2 Å². The number of amides is 1. The third-order valence-corrected chi connectivity index (χ3v) is 4.85. The van der Waals surface area contributed by atoms with Crippen LogP contribution in [0, 0.1) is 17.2 Å². The molecule has 0 aromatic heterocycles. The molecule has 2 atom stereocenters. The predicted octanol–water partition coefficient (Wildman–Crippen LogP) is 5.37. The molecule has 0 unspecified atom stereocenters. The molecule has 0 saturated heterocycles. The van der Waals surface area contributed by atoms with Gasteiger partial charge in [-0.15, -0.1) is 0 Å². The molecule has 30 heavy (non-hydrogen) atoms. The number of carboxylic acids is 1. The summed E-state index contributed by atoms with van der Waals surface area (Å²) in [5.41, 5.74) is 1.37. The van der Waals surface area contributed by atoms with E-state index in [0.717, 1.165) is 10.5 Å². The van der Waals surface area contributed by atoms with Gasteiger partial charge in [0, 0.05) is 21.8 Å². The molecule has 2 aromatic carbocycles. The zero-order valence-corrected chi connectivity index (χ0v) is 17.8. The first-order valence-corrected chi connectivity index (χ1v) is 9.95. The molecule has 0 heterocycles. The summed E-state index contributed by atoms with van der Waals surface area (Å²) < 4.78 is 6.35. The number of rotatable bonds is 8. The lowest BCUT2D eigenvalue weighted by atomic mass is 9.92. The van der Waals surface area contributed by atoms with E-state index >= 15 is 0 Å². The molecule has 0 aliphatic carbocycles. The highest BCUT2D eigenvalue weighted by atomic mass is 79.9. The van der Waals surface area contributed by atoms with E-state index in [2.05, 4.69) is 21.2 Å². The summed E-state index contributed by atoms with van der Waals surface area (Å²) in [7, 11) is 0. The second kappa shape index (κ2) is 11.0. The first-order valence-electron chi connectivity index (χ1n) is 9.16. The molecule has 8 heteroatoms. The van der Waals surface area contributed by atoms with Crippen molar-refractivity contribution in [1.82, 2.24) is 0 Å². The average molecular weight is 473 g/mol. The molecule has 2 aromatic rings. The number of halogens is 1. The Morgan fingerprint density at radius 2 is 1.97 bits per heavy atom. The van der Waals surface area contributed by atoms with Gasteiger partial charge in [0.1, 0.15) is 11.9 Å². The fourth-order valence-electron chi connectivity index (χ4n) is 2.82. The molecule has 7 nitrogen and oxygen atoms in total. The maximum absolute atomic E-state index is 12.5. The molecule has 0 aliphatic heterocycles. The van der Waals surface area contributed by atoms with Crippen LogP contribution in [0.5, 0.6) is 5.75 Å². The number of carbonyl (C=O) groups excluding carboxylic acids is 1. The molecule has 0 spiro atoms. The highest BCUT2D eigenvalue weighted by Gasteiger charge is 2.26. The summed E-state index contributed by atoms with van der Waals surface area (Å²) >= 11 is 3.36. The summed E-state index contributed by atoms with van der Waals surface area (Å²) in [5.74, 6) is -1.25. The summed E-state index contributed by atoms with van der Waals surface area (Å²) in [5, 5.41) is 30.5. The van der Waals surface area contributed by atoms with Crippen LogP contribution in [0.2, 0.25) is 0 Å². The Hall–Kier alpha value is -3.31. The fourth-order valence-corrected chi connectivity index (χ4v) is 3.20. The molecule has 0 radical (unpaired) electrons. The van der Waals surface area contributed by atoms with Crippen molar-refractivity contribution in [2.75, 3.05) is 5.32 Å². The third kappa shape index (κ3) is 6.94. The van der Waals surface area contributed by atoms with Crippen LogP contribution >= 0.6 is 15.9 Å². The molecule has 156 valence electrons. The highest BCUT2D eigenvalue weighted by Crippen LogP contribution is 2.36. The van der Waals surface area contributed by atoms with Crippen LogP contribution in [0.1, 0.15) is 37.0 Å². The van der Waals surface area contributed by atoms with Crippen LogP contribution in [0.4, 0.5) is 10.5 Å². The summed E-state index contributed by atoms with van der Waals surface area (Å²) in [6.07, 6.45) is 2.13. The molecule has 0 saturated carbocycles. The number of nitrogens with zero attached hydrogens (tertiary/aromatic N) is 1. The van der Waals surface area contributed by atoms with Gasteiger partial charge in [0.05, 0.1) is 11.6 Å². The number of phenols is 1. The number of phenolic OH excluding ortho intramolecular Hbond substituents is 1. The van der Waals surface area contributed by atoms with Crippen molar-refractivity contribution in [2.45, 2.75) is 25.9 Å². The monoisotopic (exact) mass is 472 g/mol. The van der Waals surface area contributed by atoms with Crippen LogP contribution in [-0.2, 0) is 9.53 Å². The number of nitriles is 1. The molecule has 0 aliphatic rings. The van der Waals surface area contributed by atoms with E-state index in [1.807, 2.05) is 13.0 Å². The van der Waals surface area contributed by atoms with Crippen molar-refractivity contribution in [3.8, 4) is 11.8 Å². The predicted molar refractivity (Wildman–Crippen MR) is 115 cm³/mol. The number of carboxylic acid groups (broad SMARTS) is 1. The molecule has 2 rings (SSSR count). The first-order chi connectivity index (χ1) is 14.3. The minimum atomic E-state index is -1.03. The van der Waals surface area contributed by atoms with E-state index in [4.69, 9.17) is 15.1 Å². The Morgan fingerprint density at radius 1 is 1.27 bits per heavy atom. The Kier molecular flexibility index (Phi) is 8.44. The summed E-state index contributed by atoms with van der Waals surface area (Å²) in [6, 6.07) is 13.2. The number of nitrogens with one attached hydrogen (secondary N) is 1. The van der Waals surface area contributed by atoms with Gasteiger partial charge in [0.15, 0.2) is 0 Å². The van der Waals surface area contributed by atoms with Crippen molar-refractivity contribution in [3.05, 3.63) is 70.2 Å². The number of anilines is 1. The Bertz CT molecular complexity index is 966. The Morgan fingerprint density at radius 3 is 2.60 bits per heavy atom. The normalized spacial score (nSPS) is 12.7. The zero-order chi connectivity index (χ0) is 22.1. The standard InChI is InChI=1S/C22H21BrN2O5/c1-14(4-2-3-5-20(27)28)21(18-12-16(23)8-11-19(18)26)30-22(29)25-17-9-6-15(13-24)7-10-17/h3,5-12,14,21,26H,2,4H2,1H3,(H,25,29)(H,27,28)/b5-3+/t14-,21+/m1/s1. The lowest BCUT2D eigenvalue weighted by Gasteiger charge is -2.25. The molecule has 0 fully saturated rings. The SMILES string of the molecule is C[C@H](CC/C=C/C(=O)O)[C@H](OC(=O)Nc1ccc(C#N)cc1)c1cc(Br)ccc1O. The molecular formula is C22H21BrN2O5. The second-order valence-electron chi connectivity index (χ2n) is 6.64. The van der Waals surface area contributed by atoms with Gasteiger partial charge in [-0.05, 0) is 61.2 Å². The lowest BCUT2D eigenvalue weighted by molar-refractivity contribution is -0.131. The number of carbonyl (C=O) groups is 2. The second-order valence-corrected chi connectivity index (χ2v) is 7.55. The van der Waals surface area contributed by atoms with Gasteiger partial charge in [0.25, 0.3) is 0 Å². The van der Waals surface area contributed by atoms with Crippen LogP contribution in [-0.4, -0.2) is 22.3 Å². The zero-order valence-electron chi connectivity index (χ0n) is 16.2. The topological polar surface area (TPSA) is 120 Å². The number of benzene rings is 2. The number of hydrogen-bond acceptors (Lipinski definition) is 5. The van der Waals surface area contributed by atoms with E-state index in [9.17, 15) is 14.7 Å². The van der Waals surface area contributed by atoms with E-state index in [1.54, 1.807) is 36.4 Å². The largest absolute Gasteiger partial charge is 0.508 e. The van der Waals surface area contributed by atoms with Crippen LogP contribution in [0.15, 0.2) is 59.1 Å². The van der Waals surface area contributed by atoms with Crippen molar-refractivity contribution in [3.63, 3.8) is 0 Å². The van der Waals surface area contributed by atoms with Gasteiger partial charge in [-0.25, -0.2) is 9.59 Å². The van der Waals surface area contributed by atoms with Crippen molar-refractivity contribution in [1.29, 1.82) is 5.26 Å². The van der Waals surface area contributed by atoms with Crippen LogP contribution in [0.3, 0.4) is 0 Å². The number of aliphatic carboxylic acids is 1. The number of aromatic hydroxyl groups is 1. The summed E-state index contributed by atoms with van der Waals surface area (Å²) in [6.45, 7) is 1.86. The van der Waals surface area contributed by atoms with Gasteiger partial charge in [-0.3, -0.25) is 5.32 Å². The van der Waals surface area contributed by atoms with Gasteiger partial charge in [-0.1, -0.05) is 28.9 Å². The fraction of sp³-hybridized carbons (Fsp3) is 0.227. The third-order valence-electron chi connectivity index (χ3n) is 4.36. The maximum atomic E-state index is 12.5. The van der Waals surface area contributed by atoms with E-state index in [-0.39, 0.29) is 11.7 Å². The van der Waals surface area contributed by atoms with Gasteiger partial charge < -0.3 is 14.9 Å². The molecule has 0 bridgehead atoms. The van der Waals surface area contributed by atoms with Crippen molar-refractivity contribution >= 4 is 33.7 Å². The van der Waals surface area contributed by atoms with E-state index in [0.29, 0.717) is 29.7 Å². The van der Waals surface area contributed by atoms with Crippen molar-refractivity contribution in [2.24, 2.45) is 5.92 Å².